The molecule has 0 spiro atoms. The van der Waals surface area contributed by atoms with Crippen molar-refractivity contribution >= 4 is 47.1 Å². The number of carbonyl (C=O) groups is 4. The van der Waals surface area contributed by atoms with E-state index in [1.54, 1.807) is 36.9 Å². The van der Waals surface area contributed by atoms with Crippen molar-refractivity contribution in [2.24, 2.45) is 5.92 Å². The van der Waals surface area contributed by atoms with Crippen LogP contribution in [0.1, 0.15) is 36.2 Å². The maximum Gasteiger partial charge on any atom is 0.305 e. The number of carboxylic acid groups (broad SMARTS) is 1. The standard InChI is InChI=1S/C31H36N4O7S2/c1-19-32-31(42-35-19)22-8-9-26(41-2)23(14-22)15-27(37)34-29(21-10-12-43-13-11-21)30(40)33-24(16-28(38)39)25(36)18-44-17-20-6-4-3-5-7-20/h3-9,14,21,24,29H,10-13,15-18H2,1-2H3,(H,33,40)(H,34,37)(H,38,39). The highest BCUT2D eigenvalue weighted by Gasteiger charge is 2.34. The number of hydrogen-bond donors (Lipinski definition) is 3. The predicted octanol–water partition coefficient (Wildman–Crippen LogP) is 3.69. The summed E-state index contributed by atoms with van der Waals surface area (Å²) in [7, 11) is 1.50. The van der Waals surface area contributed by atoms with Gasteiger partial charge in [-0.3, -0.25) is 19.2 Å². The molecule has 2 unspecified atom stereocenters. The second kappa shape index (κ2) is 16.3. The Morgan fingerprint density at radius 1 is 1.11 bits per heavy atom. The van der Waals surface area contributed by atoms with Crippen molar-refractivity contribution in [3.63, 3.8) is 0 Å². The van der Waals surface area contributed by atoms with Crippen molar-refractivity contribution < 1.29 is 33.5 Å². The highest BCUT2D eigenvalue weighted by atomic mass is 32.2. The van der Waals surface area contributed by atoms with Gasteiger partial charge in [0.2, 0.25) is 11.8 Å². The number of ketones is 1. The zero-order chi connectivity index (χ0) is 31.5. The van der Waals surface area contributed by atoms with Crippen LogP contribution < -0.4 is 15.4 Å². The Morgan fingerprint density at radius 3 is 2.52 bits per heavy atom. The first kappa shape index (κ1) is 33.1. The zero-order valence-electron chi connectivity index (χ0n) is 24.6. The summed E-state index contributed by atoms with van der Waals surface area (Å²) in [5.41, 5.74) is 2.22. The van der Waals surface area contributed by atoms with Crippen LogP contribution >= 0.6 is 23.5 Å². The molecular weight excluding hydrogens is 604 g/mol. The van der Waals surface area contributed by atoms with Crippen molar-refractivity contribution in [3.05, 3.63) is 65.5 Å². The summed E-state index contributed by atoms with van der Waals surface area (Å²) >= 11 is 3.13. The number of rotatable bonds is 15. The molecule has 1 saturated heterocycles. The van der Waals surface area contributed by atoms with E-state index in [-0.39, 0.29) is 23.9 Å². The lowest BCUT2D eigenvalue weighted by atomic mass is 9.92. The molecule has 1 aliphatic rings. The minimum atomic E-state index is -1.21. The van der Waals surface area contributed by atoms with E-state index in [1.165, 1.54) is 18.9 Å². The lowest BCUT2D eigenvalue weighted by molar-refractivity contribution is -0.140. The second-order valence-corrected chi connectivity index (χ2v) is 12.7. The molecule has 3 N–H and O–H groups in total. The van der Waals surface area contributed by atoms with Crippen LogP contribution in [-0.2, 0) is 31.4 Å². The molecule has 0 bridgehead atoms. The largest absolute Gasteiger partial charge is 0.496 e. The molecule has 1 aromatic heterocycles. The number of aryl methyl sites for hydroxylation is 1. The maximum absolute atomic E-state index is 13.6. The van der Waals surface area contributed by atoms with Crippen LogP contribution in [-0.4, -0.2) is 75.3 Å². The van der Waals surface area contributed by atoms with Gasteiger partial charge < -0.3 is 25.0 Å². The number of aliphatic carboxylic acids is 1. The van der Waals surface area contributed by atoms with E-state index in [0.717, 1.165) is 17.1 Å². The number of nitrogens with zero attached hydrogens (tertiary/aromatic N) is 2. The molecular formula is C31H36N4O7S2. The Balaban J connectivity index is 1.46. The maximum atomic E-state index is 13.6. The lowest BCUT2D eigenvalue weighted by Gasteiger charge is -2.31. The summed E-state index contributed by atoms with van der Waals surface area (Å²) in [6, 6.07) is 12.7. The van der Waals surface area contributed by atoms with Gasteiger partial charge in [0.15, 0.2) is 11.6 Å². The number of amides is 2. The number of thioether (sulfide) groups is 2. The fourth-order valence-corrected chi connectivity index (χ4v) is 7.01. The molecule has 13 heteroatoms. The Morgan fingerprint density at radius 2 is 1.86 bits per heavy atom. The minimum Gasteiger partial charge on any atom is -0.496 e. The van der Waals surface area contributed by atoms with Crippen LogP contribution in [0.2, 0.25) is 0 Å². The fourth-order valence-electron chi connectivity index (χ4n) is 4.93. The van der Waals surface area contributed by atoms with Gasteiger partial charge in [0.25, 0.3) is 5.89 Å². The first-order chi connectivity index (χ1) is 21.2. The van der Waals surface area contributed by atoms with Crippen LogP contribution in [0.15, 0.2) is 53.1 Å². The van der Waals surface area contributed by atoms with Gasteiger partial charge in [0.05, 0.1) is 31.7 Å². The van der Waals surface area contributed by atoms with Crippen molar-refractivity contribution in [1.29, 1.82) is 0 Å². The molecule has 2 aromatic carbocycles. The zero-order valence-corrected chi connectivity index (χ0v) is 26.2. The molecule has 3 aromatic rings. The second-order valence-electron chi connectivity index (χ2n) is 10.4. The van der Waals surface area contributed by atoms with E-state index in [0.29, 0.717) is 47.2 Å². The number of methoxy groups -OCH3 is 1. The average Bonchev–Trinajstić information content (AvgIpc) is 3.46. The predicted molar refractivity (Wildman–Crippen MR) is 169 cm³/mol. The number of ether oxygens (including phenoxy) is 1. The molecule has 2 amide bonds. The van der Waals surface area contributed by atoms with Gasteiger partial charge in [0.1, 0.15) is 11.8 Å². The Kier molecular flexibility index (Phi) is 12.2. The highest BCUT2D eigenvalue weighted by Crippen LogP contribution is 2.28. The normalized spacial score (nSPS) is 14.8. The third kappa shape index (κ3) is 9.58. The number of nitrogens with one attached hydrogen (secondary N) is 2. The van der Waals surface area contributed by atoms with E-state index in [4.69, 9.17) is 9.26 Å². The van der Waals surface area contributed by atoms with Crippen molar-refractivity contribution in [2.45, 2.75) is 50.4 Å². The fraction of sp³-hybridized carbons (Fsp3) is 0.419. The molecule has 0 aliphatic carbocycles. The summed E-state index contributed by atoms with van der Waals surface area (Å²) in [5, 5.41) is 18.9. The van der Waals surface area contributed by atoms with Crippen LogP contribution in [0.25, 0.3) is 11.5 Å². The minimum absolute atomic E-state index is 0.0416. The van der Waals surface area contributed by atoms with Gasteiger partial charge in [-0.1, -0.05) is 35.5 Å². The van der Waals surface area contributed by atoms with E-state index < -0.39 is 36.3 Å². The number of carbonyl (C=O) groups excluding carboxylic acids is 3. The molecule has 11 nitrogen and oxygen atoms in total. The summed E-state index contributed by atoms with van der Waals surface area (Å²) in [6.07, 6.45) is 0.755. The van der Waals surface area contributed by atoms with E-state index in [9.17, 15) is 24.3 Å². The average molecular weight is 641 g/mol. The molecule has 0 saturated carbocycles. The summed E-state index contributed by atoms with van der Waals surface area (Å²) < 4.78 is 10.7. The molecule has 1 fully saturated rings. The van der Waals surface area contributed by atoms with Gasteiger partial charge in [-0.25, -0.2) is 0 Å². The van der Waals surface area contributed by atoms with Gasteiger partial charge in [-0.15, -0.1) is 11.8 Å². The SMILES string of the molecule is COc1ccc(-c2nc(C)no2)cc1CC(=O)NC(C(=O)NC(CC(=O)O)C(=O)CSCc1ccccc1)C1CCSCC1. The van der Waals surface area contributed by atoms with E-state index >= 15 is 0 Å². The third-order valence-electron chi connectivity index (χ3n) is 7.18. The number of Topliss-reactive ketones (excluding diaryl/α,β-unsaturated/α-hetero) is 1. The van der Waals surface area contributed by atoms with Crippen LogP contribution in [0.5, 0.6) is 5.75 Å². The number of benzene rings is 2. The topological polar surface area (TPSA) is 161 Å². The summed E-state index contributed by atoms with van der Waals surface area (Å²) in [4.78, 5) is 56.0. The first-order valence-corrected chi connectivity index (χ1v) is 16.6. The van der Waals surface area contributed by atoms with Crippen LogP contribution in [0.4, 0.5) is 0 Å². The third-order valence-corrected chi connectivity index (χ3v) is 9.26. The number of hydrogen-bond acceptors (Lipinski definition) is 10. The van der Waals surface area contributed by atoms with Crippen molar-refractivity contribution in [2.75, 3.05) is 24.4 Å². The van der Waals surface area contributed by atoms with Gasteiger partial charge in [-0.05, 0) is 61.0 Å². The van der Waals surface area contributed by atoms with Crippen molar-refractivity contribution in [1.82, 2.24) is 20.8 Å². The quantitative estimate of drug-likeness (QED) is 0.222. The number of aromatic nitrogens is 2. The van der Waals surface area contributed by atoms with E-state index in [1.807, 2.05) is 30.3 Å². The molecule has 234 valence electrons. The molecule has 4 rings (SSSR count). The number of carboxylic acids is 1. The Bertz CT molecular complexity index is 1440. The Labute approximate surface area is 264 Å². The first-order valence-electron chi connectivity index (χ1n) is 14.2. The van der Waals surface area contributed by atoms with Crippen molar-refractivity contribution in [3.8, 4) is 17.2 Å². The smallest absolute Gasteiger partial charge is 0.305 e. The van der Waals surface area contributed by atoms with Gasteiger partial charge in [-0.2, -0.15) is 16.7 Å². The van der Waals surface area contributed by atoms with E-state index in [2.05, 4.69) is 20.8 Å². The lowest BCUT2D eigenvalue weighted by Crippen LogP contribution is -2.55. The van der Waals surface area contributed by atoms with Crippen LogP contribution in [0.3, 0.4) is 0 Å². The summed E-state index contributed by atoms with van der Waals surface area (Å²) in [5.74, 6) is 0.815. The van der Waals surface area contributed by atoms with Gasteiger partial charge in [0, 0.05) is 16.9 Å². The molecule has 1 aliphatic heterocycles. The summed E-state index contributed by atoms with van der Waals surface area (Å²) in [6.45, 7) is 1.71. The Hall–Kier alpha value is -3.84. The molecule has 44 heavy (non-hydrogen) atoms. The van der Waals surface area contributed by atoms with Crippen LogP contribution in [0, 0.1) is 12.8 Å². The molecule has 0 radical (unpaired) electrons. The monoisotopic (exact) mass is 640 g/mol. The van der Waals surface area contributed by atoms with Gasteiger partial charge >= 0.3 is 5.97 Å². The molecule has 2 atom stereocenters. The highest BCUT2D eigenvalue weighted by molar-refractivity contribution is 7.99. The molecule has 2 heterocycles.